The zero-order valence-corrected chi connectivity index (χ0v) is 20.4. The molecule has 0 aliphatic heterocycles. The van der Waals surface area contributed by atoms with E-state index in [0.29, 0.717) is 0 Å². The summed E-state index contributed by atoms with van der Waals surface area (Å²) >= 11 is 0. The van der Waals surface area contributed by atoms with Gasteiger partial charge in [0.15, 0.2) is 0 Å². The second-order valence-electron chi connectivity index (χ2n) is 8.50. The molecule has 45 heavy (non-hydrogen) atoms. The van der Waals surface area contributed by atoms with E-state index < -0.39 is 89.5 Å². The molecule has 0 unspecified atom stereocenters. The van der Waals surface area contributed by atoms with Gasteiger partial charge in [-0.2, -0.15) is 110 Å². The Hall–Kier alpha value is -2.54. The number of hydrogen-bond donors (Lipinski definition) is 0. The number of rotatable bonds is 14. The fourth-order valence-electron chi connectivity index (χ4n) is 2.59. The first-order chi connectivity index (χ1) is 19.1. The van der Waals surface area contributed by atoms with Crippen LogP contribution in [0.25, 0.3) is 0 Å². The maximum absolute atomic E-state index is 13.8. The van der Waals surface area contributed by atoms with Crippen LogP contribution < -0.4 is 0 Å². The van der Waals surface area contributed by atoms with Gasteiger partial charge in [-0.1, -0.05) is 19.9 Å². The summed E-state index contributed by atoms with van der Waals surface area (Å²) < 4.78 is 336. The first kappa shape index (κ1) is 42.5. The predicted molar refractivity (Wildman–Crippen MR) is 90.6 cm³/mol. The second-order valence-corrected chi connectivity index (χ2v) is 8.50. The summed E-state index contributed by atoms with van der Waals surface area (Å²) in [6.07, 6.45) is -17.0. The Bertz CT molecular complexity index is 1110. The largest absolute Gasteiger partial charge is 0.473 e. The number of alkyl halides is 25. The minimum atomic E-state index is -9.67. The summed E-state index contributed by atoms with van der Waals surface area (Å²) in [5.41, 5.74) is -1.39. The van der Waals surface area contributed by atoms with Crippen molar-refractivity contribution >= 4 is 5.97 Å². The first-order valence-corrected chi connectivity index (χ1v) is 10.3. The molecule has 0 aromatic carbocycles. The van der Waals surface area contributed by atoms with Gasteiger partial charge in [0, 0.05) is 5.57 Å². The summed E-state index contributed by atoms with van der Waals surface area (Å²) in [4.78, 5) is 11.2. The summed E-state index contributed by atoms with van der Waals surface area (Å²) in [7, 11) is 0. The molecule has 0 aliphatic rings. The van der Waals surface area contributed by atoms with Crippen molar-refractivity contribution in [1.29, 1.82) is 0 Å². The van der Waals surface area contributed by atoms with Crippen molar-refractivity contribution in [2.24, 2.45) is 0 Å². The molecule has 0 spiro atoms. The van der Waals surface area contributed by atoms with Crippen LogP contribution in [0.5, 0.6) is 0 Å². The van der Waals surface area contributed by atoms with Crippen LogP contribution in [0.2, 0.25) is 0 Å². The minimum absolute atomic E-state index is 0.330. The molecule has 0 aliphatic carbocycles. The van der Waals surface area contributed by atoms with E-state index >= 15 is 0 Å². The van der Waals surface area contributed by atoms with Crippen LogP contribution >= 0.6 is 0 Å². The molecular formula is C18H9F25O2. The molecule has 27 heteroatoms. The standard InChI is InChI=1S/C18H9F25O2/c1-3-4-5(2)6(44)45-18(42,43)16(37,38)14(33,34)12(29,30)10(25,26)8(21,22)7(19,20)9(23,24)11(27,28)13(31,32)15(35,36)17(39,40)41/h2-4H2,1H3. The molecule has 0 N–H and O–H groups in total. The van der Waals surface area contributed by atoms with E-state index in [4.69, 9.17) is 0 Å². The Balaban J connectivity index is 7.25. The van der Waals surface area contributed by atoms with Crippen molar-refractivity contribution in [3.05, 3.63) is 12.2 Å². The SMILES string of the molecule is C=C(CCC)C(=O)OC(F)(F)C(F)(F)C(F)(F)C(F)(F)C(F)(F)C(F)(F)C(F)(F)C(F)(F)C(F)(F)C(F)(F)C(F)(F)C(F)(F)F. The third kappa shape index (κ3) is 5.49. The van der Waals surface area contributed by atoms with Crippen molar-refractivity contribution in [1.82, 2.24) is 0 Å². The van der Waals surface area contributed by atoms with Crippen molar-refractivity contribution in [2.45, 2.75) is 91.3 Å². The predicted octanol–water partition coefficient (Wildman–Crippen LogP) is 9.39. The van der Waals surface area contributed by atoms with Gasteiger partial charge in [-0.3, -0.25) is 0 Å². The normalized spacial score (nSPS) is 16.1. The van der Waals surface area contributed by atoms with Gasteiger partial charge in [0.05, 0.1) is 0 Å². The molecule has 2 nitrogen and oxygen atoms in total. The highest BCUT2D eigenvalue weighted by Gasteiger charge is 2.99. The minimum Gasteiger partial charge on any atom is -0.393 e. The van der Waals surface area contributed by atoms with Crippen molar-refractivity contribution in [3.8, 4) is 0 Å². The first-order valence-electron chi connectivity index (χ1n) is 10.3. The van der Waals surface area contributed by atoms with Gasteiger partial charge in [-0.25, -0.2) is 4.79 Å². The van der Waals surface area contributed by atoms with Crippen LogP contribution in [0.15, 0.2) is 12.2 Å². The number of hydrogen-bond acceptors (Lipinski definition) is 2. The van der Waals surface area contributed by atoms with Crippen LogP contribution in [-0.4, -0.2) is 77.5 Å². The zero-order valence-electron chi connectivity index (χ0n) is 20.4. The van der Waals surface area contributed by atoms with Crippen molar-refractivity contribution < 1.29 is 119 Å². The van der Waals surface area contributed by atoms with Crippen LogP contribution in [0.4, 0.5) is 110 Å². The lowest BCUT2D eigenvalue weighted by Gasteiger charge is -2.45. The molecule has 0 bridgehead atoms. The maximum atomic E-state index is 13.8. The molecule has 0 aromatic rings. The Morgan fingerprint density at radius 1 is 0.444 bits per heavy atom. The summed E-state index contributed by atoms with van der Waals surface area (Å²) in [6, 6.07) is 0. The fourth-order valence-corrected chi connectivity index (χ4v) is 2.59. The molecule has 0 fully saturated rings. The maximum Gasteiger partial charge on any atom is 0.473 e. The lowest BCUT2D eigenvalue weighted by molar-refractivity contribution is -0.487. The molecule has 0 saturated heterocycles. The number of carbonyl (C=O) groups is 1. The van der Waals surface area contributed by atoms with Gasteiger partial charge >= 0.3 is 77.5 Å². The second kappa shape index (κ2) is 11.0. The van der Waals surface area contributed by atoms with E-state index in [1.165, 1.54) is 0 Å². The van der Waals surface area contributed by atoms with Gasteiger partial charge < -0.3 is 4.74 Å². The molecule has 0 aromatic heterocycles. The Kier molecular flexibility index (Phi) is 10.4. The molecule has 0 amide bonds. The summed E-state index contributed by atoms with van der Waals surface area (Å²) in [5.74, 6) is -95.6. The molecular weight excluding hydrogens is 723 g/mol. The highest BCUT2D eigenvalue weighted by atomic mass is 19.4. The monoisotopic (exact) mass is 732 g/mol. The van der Waals surface area contributed by atoms with E-state index in [1.807, 2.05) is 0 Å². The highest BCUT2D eigenvalue weighted by Crippen LogP contribution is 2.67. The average Bonchev–Trinajstić information content (AvgIpc) is 2.81. The van der Waals surface area contributed by atoms with E-state index in [2.05, 4.69) is 11.3 Å². The Labute approximate surface area is 230 Å². The molecule has 268 valence electrons. The molecule has 0 saturated carbocycles. The van der Waals surface area contributed by atoms with Crippen molar-refractivity contribution in [2.75, 3.05) is 0 Å². The topological polar surface area (TPSA) is 26.3 Å². The highest BCUT2D eigenvalue weighted by molar-refractivity contribution is 5.87. The number of carbonyl (C=O) groups excluding carboxylic acids is 1. The lowest BCUT2D eigenvalue weighted by atomic mass is 9.85. The van der Waals surface area contributed by atoms with E-state index in [0.717, 1.165) is 6.92 Å². The van der Waals surface area contributed by atoms with Gasteiger partial charge in [0.2, 0.25) is 0 Å². The van der Waals surface area contributed by atoms with E-state index in [1.54, 1.807) is 0 Å². The van der Waals surface area contributed by atoms with Crippen LogP contribution in [0, 0.1) is 0 Å². The van der Waals surface area contributed by atoms with Gasteiger partial charge in [0.25, 0.3) is 0 Å². The smallest absolute Gasteiger partial charge is 0.393 e. The van der Waals surface area contributed by atoms with Crippen LogP contribution in [0.1, 0.15) is 19.8 Å². The van der Waals surface area contributed by atoms with E-state index in [9.17, 15) is 115 Å². The molecule has 0 atom stereocenters. The third-order valence-electron chi connectivity index (χ3n) is 5.33. The fraction of sp³-hybridized carbons (Fsp3) is 0.833. The Morgan fingerprint density at radius 3 is 0.889 bits per heavy atom. The van der Waals surface area contributed by atoms with Crippen LogP contribution in [-0.2, 0) is 9.53 Å². The lowest BCUT2D eigenvalue weighted by Crippen LogP contribution is -2.78. The van der Waals surface area contributed by atoms with E-state index in [-0.39, 0.29) is 6.42 Å². The third-order valence-corrected chi connectivity index (χ3v) is 5.33. The van der Waals surface area contributed by atoms with Crippen molar-refractivity contribution in [3.63, 3.8) is 0 Å². The zero-order chi connectivity index (χ0) is 37.3. The summed E-state index contributed by atoms with van der Waals surface area (Å²) in [5, 5.41) is 0. The molecule has 0 heterocycles. The van der Waals surface area contributed by atoms with Gasteiger partial charge in [-0.15, -0.1) is 0 Å². The number of esters is 1. The molecule has 0 rings (SSSR count). The van der Waals surface area contributed by atoms with Gasteiger partial charge in [0.1, 0.15) is 0 Å². The van der Waals surface area contributed by atoms with Gasteiger partial charge in [-0.05, 0) is 6.42 Å². The quantitative estimate of drug-likeness (QED) is 0.101. The Morgan fingerprint density at radius 2 is 0.667 bits per heavy atom. The van der Waals surface area contributed by atoms with Crippen LogP contribution in [0.3, 0.4) is 0 Å². The summed E-state index contributed by atoms with van der Waals surface area (Å²) in [6.45, 7) is 3.59. The number of ether oxygens (including phenoxy) is 1. The number of halogens is 25. The average molecular weight is 732 g/mol. The molecule has 0 radical (unpaired) electrons.